The summed E-state index contributed by atoms with van der Waals surface area (Å²) in [4.78, 5) is 13.7. The Morgan fingerprint density at radius 1 is 1.08 bits per heavy atom. The molecule has 2 saturated heterocycles. The molecule has 0 spiro atoms. The van der Waals surface area contributed by atoms with E-state index in [1.807, 2.05) is 17.9 Å². The third kappa shape index (κ3) is 3.82. The topological polar surface area (TPSA) is 70.3 Å². The van der Waals surface area contributed by atoms with E-state index in [9.17, 15) is 5.11 Å². The number of aliphatic hydroxyl groups excluding tert-OH is 1. The molecule has 0 saturated carbocycles. The first-order valence-electron chi connectivity index (χ1n) is 9.61. The largest absolute Gasteiger partial charge is 0.396 e. The van der Waals surface area contributed by atoms with Crippen LogP contribution in [0.4, 0.5) is 11.6 Å². The second-order valence-electron chi connectivity index (χ2n) is 7.70. The Kier molecular flexibility index (Phi) is 5.06. The second-order valence-corrected chi connectivity index (χ2v) is 7.70. The molecule has 0 amide bonds. The molecule has 4 heterocycles. The first-order chi connectivity index (χ1) is 12.7. The van der Waals surface area contributed by atoms with Gasteiger partial charge in [-0.15, -0.1) is 0 Å². The van der Waals surface area contributed by atoms with Crippen molar-refractivity contribution in [2.45, 2.75) is 25.7 Å². The van der Waals surface area contributed by atoms with Crippen molar-refractivity contribution in [2.75, 3.05) is 42.6 Å². The van der Waals surface area contributed by atoms with E-state index in [1.54, 1.807) is 6.33 Å². The lowest BCUT2D eigenvalue weighted by molar-refractivity contribution is 0.208. The molecule has 7 heteroatoms. The number of aliphatic hydroxyl groups is 1. The van der Waals surface area contributed by atoms with E-state index < -0.39 is 0 Å². The Morgan fingerprint density at radius 3 is 2.58 bits per heavy atom. The van der Waals surface area contributed by atoms with Crippen molar-refractivity contribution < 1.29 is 5.11 Å². The Labute approximate surface area is 154 Å². The van der Waals surface area contributed by atoms with Crippen LogP contribution in [0.5, 0.6) is 0 Å². The highest BCUT2D eigenvalue weighted by atomic mass is 16.3. The van der Waals surface area contributed by atoms with Crippen LogP contribution in [0.1, 0.15) is 24.8 Å². The molecule has 2 aliphatic heterocycles. The molecule has 2 aliphatic rings. The summed E-state index contributed by atoms with van der Waals surface area (Å²) in [5.41, 5.74) is 1.31. The number of aryl methyl sites for hydroxylation is 1. The number of anilines is 2. The average Bonchev–Trinajstić information content (AvgIpc) is 3.31. The third-order valence-electron chi connectivity index (χ3n) is 5.63. The van der Waals surface area contributed by atoms with E-state index in [4.69, 9.17) is 0 Å². The van der Waals surface area contributed by atoms with Gasteiger partial charge in [-0.3, -0.25) is 4.68 Å². The summed E-state index contributed by atoms with van der Waals surface area (Å²) in [6, 6.07) is 2.12. The van der Waals surface area contributed by atoms with E-state index in [0.717, 1.165) is 57.1 Å². The molecule has 2 aromatic heterocycles. The Bertz CT molecular complexity index is 732. The van der Waals surface area contributed by atoms with E-state index in [-0.39, 0.29) is 6.61 Å². The van der Waals surface area contributed by atoms with Gasteiger partial charge in [0.1, 0.15) is 18.0 Å². The summed E-state index contributed by atoms with van der Waals surface area (Å²) < 4.78 is 1.87. The minimum absolute atomic E-state index is 0.261. The normalized spacial score (nSPS) is 23.6. The molecule has 4 rings (SSSR count). The number of nitrogens with zero attached hydrogens (tertiary/aromatic N) is 6. The van der Waals surface area contributed by atoms with Gasteiger partial charge < -0.3 is 14.9 Å². The highest BCUT2D eigenvalue weighted by molar-refractivity contribution is 5.51. The zero-order valence-electron chi connectivity index (χ0n) is 15.5. The molecule has 0 aromatic carbocycles. The van der Waals surface area contributed by atoms with E-state index >= 15 is 0 Å². The molecule has 0 aliphatic carbocycles. The van der Waals surface area contributed by atoms with Crippen molar-refractivity contribution in [1.82, 2.24) is 19.7 Å². The maximum atomic E-state index is 9.46. The molecular weight excluding hydrogens is 328 g/mol. The van der Waals surface area contributed by atoms with Crippen molar-refractivity contribution in [3.05, 3.63) is 30.4 Å². The molecule has 0 bridgehead atoms. The molecule has 140 valence electrons. The molecule has 2 fully saturated rings. The molecular formula is C19H28N6O. The van der Waals surface area contributed by atoms with Gasteiger partial charge >= 0.3 is 0 Å². The molecule has 7 nitrogen and oxygen atoms in total. The molecule has 2 atom stereocenters. The number of aromatic nitrogens is 4. The van der Waals surface area contributed by atoms with Gasteiger partial charge in [0, 0.05) is 52.1 Å². The third-order valence-corrected chi connectivity index (χ3v) is 5.63. The fraction of sp³-hybridized carbons (Fsp3) is 0.632. The van der Waals surface area contributed by atoms with Crippen molar-refractivity contribution >= 4 is 11.6 Å². The van der Waals surface area contributed by atoms with Gasteiger partial charge in [0.25, 0.3) is 0 Å². The summed E-state index contributed by atoms with van der Waals surface area (Å²) in [7, 11) is 1.97. The predicted molar refractivity (Wildman–Crippen MR) is 101 cm³/mol. The summed E-state index contributed by atoms with van der Waals surface area (Å²) in [5, 5.41) is 13.7. The molecule has 2 unspecified atom stereocenters. The van der Waals surface area contributed by atoms with Crippen molar-refractivity contribution in [3.63, 3.8) is 0 Å². The SMILES string of the molecule is Cn1cc(CC2CCN(c3cc(N4CCCC(CO)C4)ncn3)C2)cn1. The minimum atomic E-state index is 0.261. The van der Waals surface area contributed by atoms with Gasteiger partial charge in [-0.25, -0.2) is 9.97 Å². The lowest BCUT2D eigenvalue weighted by Gasteiger charge is -2.33. The standard InChI is InChI=1S/C19H28N6O/c1-23-10-17(9-22-23)7-15-4-6-25(11-15)19-8-18(20-14-21-19)24-5-2-3-16(12-24)13-26/h8-10,14-16,26H,2-7,11-13H2,1H3. The van der Waals surface area contributed by atoms with Crippen LogP contribution in [0, 0.1) is 11.8 Å². The van der Waals surface area contributed by atoms with Gasteiger partial charge in [-0.05, 0) is 43.1 Å². The average molecular weight is 356 g/mol. The number of hydrogen-bond donors (Lipinski definition) is 1. The van der Waals surface area contributed by atoms with E-state index in [1.165, 1.54) is 12.0 Å². The monoisotopic (exact) mass is 356 g/mol. The maximum Gasteiger partial charge on any atom is 0.134 e. The maximum absolute atomic E-state index is 9.46. The van der Waals surface area contributed by atoms with E-state index in [0.29, 0.717) is 11.8 Å². The van der Waals surface area contributed by atoms with Crippen LogP contribution < -0.4 is 9.80 Å². The predicted octanol–water partition coefficient (Wildman–Crippen LogP) is 1.49. The lowest BCUT2D eigenvalue weighted by Crippen LogP contribution is -2.37. The zero-order valence-corrected chi connectivity index (χ0v) is 15.5. The van der Waals surface area contributed by atoms with Gasteiger partial charge in [0.15, 0.2) is 0 Å². The summed E-state index contributed by atoms with van der Waals surface area (Å²) >= 11 is 0. The Morgan fingerprint density at radius 2 is 1.85 bits per heavy atom. The van der Waals surface area contributed by atoms with Crippen LogP contribution >= 0.6 is 0 Å². The fourth-order valence-electron chi connectivity index (χ4n) is 4.22. The summed E-state index contributed by atoms with van der Waals surface area (Å²) in [6.45, 7) is 4.23. The van der Waals surface area contributed by atoms with Crippen LogP contribution in [0.2, 0.25) is 0 Å². The molecule has 26 heavy (non-hydrogen) atoms. The summed E-state index contributed by atoms with van der Waals surface area (Å²) in [6.07, 6.45) is 10.2. The van der Waals surface area contributed by atoms with Gasteiger partial charge in [-0.1, -0.05) is 0 Å². The number of piperidine rings is 1. The molecule has 2 aromatic rings. The fourth-order valence-corrected chi connectivity index (χ4v) is 4.22. The van der Waals surface area contributed by atoms with Crippen molar-refractivity contribution in [2.24, 2.45) is 18.9 Å². The van der Waals surface area contributed by atoms with Crippen molar-refractivity contribution in [3.8, 4) is 0 Å². The van der Waals surface area contributed by atoms with Crippen LogP contribution in [0.3, 0.4) is 0 Å². The van der Waals surface area contributed by atoms with Crippen molar-refractivity contribution in [1.29, 1.82) is 0 Å². The van der Waals surface area contributed by atoms with Crippen LogP contribution in [0.15, 0.2) is 24.8 Å². The number of hydrogen-bond acceptors (Lipinski definition) is 6. The van der Waals surface area contributed by atoms with E-state index in [2.05, 4.69) is 37.1 Å². The first kappa shape index (κ1) is 17.3. The summed E-state index contributed by atoms with van der Waals surface area (Å²) in [5.74, 6) is 3.02. The quantitative estimate of drug-likeness (QED) is 0.875. The smallest absolute Gasteiger partial charge is 0.134 e. The molecule has 1 N–H and O–H groups in total. The van der Waals surface area contributed by atoms with Crippen LogP contribution in [0.25, 0.3) is 0 Å². The first-order valence-corrected chi connectivity index (χ1v) is 9.61. The van der Waals surface area contributed by atoms with Crippen LogP contribution in [-0.4, -0.2) is 57.6 Å². The minimum Gasteiger partial charge on any atom is -0.396 e. The zero-order chi connectivity index (χ0) is 17.9. The Hall–Kier alpha value is -2.15. The van der Waals surface area contributed by atoms with Gasteiger partial charge in [0.05, 0.1) is 6.20 Å². The number of rotatable bonds is 5. The van der Waals surface area contributed by atoms with Gasteiger partial charge in [0.2, 0.25) is 0 Å². The second kappa shape index (κ2) is 7.61. The van der Waals surface area contributed by atoms with Crippen LogP contribution in [-0.2, 0) is 13.5 Å². The van der Waals surface area contributed by atoms with Gasteiger partial charge in [-0.2, -0.15) is 5.10 Å². The Balaban J connectivity index is 1.40. The highest BCUT2D eigenvalue weighted by Gasteiger charge is 2.26. The molecule has 0 radical (unpaired) electrons. The lowest BCUT2D eigenvalue weighted by atomic mass is 9.99. The highest BCUT2D eigenvalue weighted by Crippen LogP contribution is 2.28.